The molecule has 0 spiro atoms. The van der Waals surface area contributed by atoms with Crippen molar-refractivity contribution in [3.8, 4) is 5.88 Å². The lowest BCUT2D eigenvalue weighted by molar-refractivity contribution is 0.293. The van der Waals surface area contributed by atoms with E-state index in [2.05, 4.69) is 19.7 Å². The molecule has 4 rings (SSSR count). The Kier molecular flexibility index (Phi) is 5.65. The maximum atomic E-state index is 12.7. The molecule has 0 aliphatic carbocycles. The lowest BCUT2D eigenvalue weighted by Gasteiger charge is -2.09. The Bertz CT molecular complexity index is 1450. The molecule has 31 heavy (non-hydrogen) atoms. The molecule has 0 aliphatic heterocycles. The Morgan fingerprint density at radius 1 is 0.935 bits per heavy atom. The zero-order chi connectivity index (χ0) is 21.8. The molecular weight excluding hydrogens is 420 g/mol. The fourth-order valence-electron chi connectivity index (χ4n) is 2.94. The van der Waals surface area contributed by atoms with E-state index in [0.717, 1.165) is 5.56 Å². The Morgan fingerprint density at radius 2 is 1.74 bits per heavy atom. The summed E-state index contributed by atoms with van der Waals surface area (Å²) in [5.74, 6) is 0.377. The van der Waals surface area contributed by atoms with Crippen molar-refractivity contribution >= 4 is 20.9 Å². The van der Waals surface area contributed by atoms with Gasteiger partial charge in [0.05, 0.1) is 15.8 Å². The predicted molar refractivity (Wildman–Crippen MR) is 114 cm³/mol. The third kappa shape index (κ3) is 4.87. The normalized spacial score (nSPS) is 11.5. The number of nitrogens with one attached hydrogen (secondary N) is 3. The van der Waals surface area contributed by atoms with Crippen LogP contribution in [-0.4, -0.2) is 23.4 Å². The summed E-state index contributed by atoms with van der Waals surface area (Å²) in [6.07, 6.45) is 1.54. The third-order valence-corrected chi connectivity index (χ3v) is 5.92. The Hall–Kier alpha value is -3.76. The van der Waals surface area contributed by atoms with Crippen molar-refractivity contribution in [3.05, 3.63) is 98.8 Å². The van der Waals surface area contributed by atoms with Crippen LogP contribution in [0, 0.1) is 0 Å². The summed E-state index contributed by atoms with van der Waals surface area (Å²) >= 11 is 0. The lowest BCUT2D eigenvalue weighted by atomic mass is 10.2. The standard InChI is InChI=1S/C21H18N4O5S/c26-20-17-11-16(6-7-18(17)24-21(27)25-20)31(28,29)23-12-15-8-9-22-19(10-15)30-13-14-4-2-1-3-5-14/h1-11,23H,12-13H2,(H2,24,25,26,27). The van der Waals surface area contributed by atoms with Gasteiger partial charge >= 0.3 is 5.69 Å². The second-order valence-corrected chi connectivity index (χ2v) is 8.48. The van der Waals surface area contributed by atoms with Gasteiger partial charge in [0.15, 0.2) is 0 Å². The number of sulfonamides is 1. The number of fused-ring (bicyclic) bond motifs is 1. The summed E-state index contributed by atoms with van der Waals surface area (Å²) in [5.41, 5.74) is 0.578. The van der Waals surface area contributed by atoms with Crippen molar-refractivity contribution < 1.29 is 13.2 Å². The SMILES string of the molecule is O=c1[nH]c(=O)c2cc(S(=O)(=O)NCc3ccnc(OCc4ccccc4)c3)ccc2[nH]1. The van der Waals surface area contributed by atoms with Crippen LogP contribution < -0.4 is 20.7 Å². The van der Waals surface area contributed by atoms with E-state index in [1.54, 1.807) is 12.1 Å². The molecule has 158 valence electrons. The van der Waals surface area contributed by atoms with Crippen molar-refractivity contribution in [2.24, 2.45) is 0 Å². The van der Waals surface area contributed by atoms with Crippen molar-refractivity contribution in [1.82, 2.24) is 19.7 Å². The summed E-state index contributed by atoms with van der Waals surface area (Å²) in [7, 11) is -3.90. The molecule has 2 aromatic heterocycles. The summed E-state index contributed by atoms with van der Waals surface area (Å²) in [6.45, 7) is 0.351. The Labute approximate surface area is 176 Å². The van der Waals surface area contributed by atoms with Gasteiger partial charge < -0.3 is 9.72 Å². The first-order valence-electron chi connectivity index (χ1n) is 9.28. The number of aromatic nitrogens is 3. The van der Waals surface area contributed by atoms with Gasteiger partial charge in [0.25, 0.3) is 5.56 Å². The number of ether oxygens (including phenoxy) is 1. The number of rotatable bonds is 7. The monoisotopic (exact) mass is 438 g/mol. The first-order valence-corrected chi connectivity index (χ1v) is 10.8. The summed E-state index contributed by atoms with van der Waals surface area (Å²) in [6, 6.07) is 16.8. The van der Waals surface area contributed by atoms with Crippen molar-refractivity contribution in [3.63, 3.8) is 0 Å². The predicted octanol–water partition coefficient (Wildman–Crippen LogP) is 1.67. The van der Waals surface area contributed by atoms with Crippen LogP contribution in [-0.2, 0) is 23.2 Å². The van der Waals surface area contributed by atoms with E-state index in [1.165, 1.54) is 24.4 Å². The zero-order valence-electron chi connectivity index (χ0n) is 16.2. The van der Waals surface area contributed by atoms with Crippen LogP contribution in [0.5, 0.6) is 5.88 Å². The highest BCUT2D eigenvalue weighted by atomic mass is 32.2. The molecule has 3 N–H and O–H groups in total. The van der Waals surface area contributed by atoms with E-state index in [0.29, 0.717) is 18.1 Å². The molecule has 10 heteroatoms. The minimum absolute atomic E-state index is 0.00652. The number of pyridine rings is 1. The van der Waals surface area contributed by atoms with E-state index >= 15 is 0 Å². The van der Waals surface area contributed by atoms with Gasteiger partial charge in [-0.3, -0.25) is 9.78 Å². The van der Waals surface area contributed by atoms with Gasteiger partial charge in [-0.1, -0.05) is 30.3 Å². The minimum Gasteiger partial charge on any atom is -0.473 e. The van der Waals surface area contributed by atoms with E-state index in [1.807, 2.05) is 30.3 Å². The van der Waals surface area contributed by atoms with Crippen molar-refractivity contribution in [2.45, 2.75) is 18.0 Å². The molecule has 0 saturated carbocycles. The van der Waals surface area contributed by atoms with Crippen LogP contribution in [0.25, 0.3) is 10.9 Å². The van der Waals surface area contributed by atoms with Gasteiger partial charge in [-0.25, -0.2) is 22.9 Å². The van der Waals surface area contributed by atoms with Crippen LogP contribution in [0.15, 0.2) is 81.3 Å². The number of benzene rings is 2. The number of hydrogen-bond donors (Lipinski definition) is 3. The van der Waals surface area contributed by atoms with Gasteiger partial charge in [0.2, 0.25) is 15.9 Å². The van der Waals surface area contributed by atoms with Crippen LogP contribution in [0.4, 0.5) is 0 Å². The van der Waals surface area contributed by atoms with Gasteiger partial charge in [-0.05, 0) is 35.4 Å². The van der Waals surface area contributed by atoms with Crippen LogP contribution in [0.1, 0.15) is 11.1 Å². The minimum atomic E-state index is -3.90. The van der Waals surface area contributed by atoms with Gasteiger partial charge in [0.1, 0.15) is 6.61 Å². The molecule has 2 heterocycles. The average molecular weight is 438 g/mol. The van der Waals surface area contributed by atoms with E-state index < -0.39 is 21.3 Å². The molecule has 4 aromatic rings. The average Bonchev–Trinajstić information content (AvgIpc) is 2.77. The van der Waals surface area contributed by atoms with Crippen molar-refractivity contribution in [1.29, 1.82) is 0 Å². The fourth-order valence-corrected chi connectivity index (χ4v) is 3.99. The van der Waals surface area contributed by atoms with Crippen molar-refractivity contribution in [2.75, 3.05) is 0 Å². The fraction of sp³-hybridized carbons (Fsp3) is 0.0952. The second-order valence-electron chi connectivity index (χ2n) is 6.72. The number of hydrogen-bond acceptors (Lipinski definition) is 6. The highest BCUT2D eigenvalue weighted by molar-refractivity contribution is 7.89. The molecule has 0 amide bonds. The van der Waals surface area contributed by atoms with Gasteiger partial charge in [0, 0.05) is 18.8 Å². The number of aromatic amines is 2. The third-order valence-electron chi connectivity index (χ3n) is 4.52. The molecule has 2 aromatic carbocycles. The molecule has 0 fully saturated rings. The first-order chi connectivity index (χ1) is 14.9. The number of H-pyrrole nitrogens is 2. The summed E-state index contributed by atoms with van der Waals surface area (Å²) in [4.78, 5) is 31.9. The molecule has 0 saturated heterocycles. The first kappa shape index (κ1) is 20.5. The smallest absolute Gasteiger partial charge is 0.326 e. The molecule has 0 aliphatic rings. The van der Waals surface area contributed by atoms with Crippen LogP contribution in [0.3, 0.4) is 0 Å². The topological polar surface area (TPSA) is 134 Å². The van der Waals surface area contributed by atoms with Gasteiger partial charge in [-0.2, -0.15) is 0 Å². The highest BCUT2D eigenvalue weighted by Gasteiger charge is 2.16. The maximum Gasteiger partial charge on any atom is 0.326 e. The molecule has 0 unspecified atom stereocenters. The zero-order valence-corrected chi connectivity index (χ0v) is 17.0. The molecule has 0 bridgehead atoms. The Morgan fingerprint density at radius 3 is 2.55 bits per heavy atom. The lowest BCUT2D eigenvalue weighted by Crippen LogP contribution is -2.25. The van der Waals surface area contributed by atoms with E-state index in [4.69, 9.17) is 4.74 Å². The highest BCUT2D eigenvalue weighted by Crippen LogP contribution is 2.16. The largest absolute Gasteiger partial charge is 0.473 e. The summed E-state index contributed by atoms with van der Waals surface area (Å²) in [5, 5.41) is 0.0722. The Balaban J connectivity index is 1.47. The van der Waals surface area contributed by atoms with Crippen LogP contribution in [0.2, 0.25) is 0 Å². The van der Waals surface area contributed by atoms with E-state index in [9.17, 15) is 18.0 Å². The molecule has 0 radical (unpaired) electrons. The molecule has 9 nitrogen and oxygen atoms in total. The quantitative estimate of drug-likeness (QED) is 0.402. The summed E-state index contributed by atoms with van der Waals surface area (Å²) < 4.78 is 33.5. The second kappa shape index (κ2) is 8.54. The maximum absolute atomic E-state index is 12.7. The number of nitrogens with zero attached hydrogens (tertiary/aromatic N) is 1. The van der Waals surface area contributed by atoms with Gasteiger partial charge in [-0.15, -0.1) is 0 Å². The molecule has 0 atom stereocenters. The van der Waals surface area contributed by atoms with Crippen LogP contribution >= 0.6 is 0 Å². The van der Waals surface area contributed by atoms with E-state index in [-0.39, 0.29) is 22.3 Å². The molecular formula is C21H18N4O5S.